The Morgan fingerprint density at radius 1 is 1.12 bits per heavy atom. The molecule has 8 heteroatoms. The molecule has 0 unspecified atom stereocenters. The molecule has 0 spiro atoms. The zero-order valence-corrected chi connectivity index (χ0v) is 15.0. The monoisotopic (exact) mass is 383 g/mol. The molecule has 2 aliphatic rings. The van der Waals surface area contributed by atoms with Crippen molar-refractivity contribution in [1.29, 1.82) is 0 Å². The number of halogens is 2. The quantitative estimate of drug-likeness (QED) is 0.850. The summed E-state index contributed by atoms with van der Waals surface area (Å²) >= 11 is 0. The van der Waals surface area contributed by atoms with Crippen LogP contribution in [0.3, 0.4) is 0 Å². The molecular formula is C17H19ClFN3O2S. The Kier molecular flexibility index (Phi) is 5.02. The van der Waals surface area contributed by atoms with Gasteiger partial charge in [-0.1, -0.05) is 18.2 Å². The molecule has 0 aliphatic carbocycles. The highest BCUT2D eigenvalue weighted by molar-refractivity contribution is 7.89. The van der Waals surface area contributed by atoms with E-state index in [0.717, 1.165) is 36.0 Å². The number of benzene rings is 2. The first-order chi connectivity index (χ1) is 11.5. The first-order valence-corrected chi connectivity index (χ1v) is 9.32. The molecule has 0 saturated carbocycles. The first-order valence-electron chi connectivity index (χ1n) is 7.88. The third-order valence-electron chi connectivity index (χ3n) is 4.53. The SMILES string of the molecule is Cl.O=S(=O)(c1cccc(F)c1)N1Cc2cccc(NC3CNC3)c2C1. The zero-order valence-electron chi connectivity index (χ0n) is 13.4. The molecule has 134 valence electrons. The van der Waals surface area contributed by atoms with Gasteiger partial charge in [-0.25, -0.2) is 12.8 Å². The average Bonchev–Trinajstić information content (AvgIpc) is 2.96. The van der Waals surface area contributed by atoms with Gasteiger partial charge in [-0.15, -0.1) is 12.4 Å². The predicted molar refractivity (Wildman–Crippen MR) is 96.8 cm³/mol. The topological polar surface area (TPSA) is 61.4 Å². The van der Waals surface area contributed by atoms with Crippen LogP contribution in [0.25, 0.3) is 0 Å². The van der Waals surface area contributed by atoms with E-state index in [1.54, 1.807) is 0 Å². The highest BCUT2D eigenvalue weighted by Crippen LogP contribution is 2.33. The van der Waals surface area contributed by atoms with Gasteiger partial charge in [-0.2, -0.15) is 4.31 Å². The Bertz CT molecular complexity index is 887. The molecule has 0 atom stereocenters. The Morgan fingerprint density at radius 3 is 2.56 bits per heavy atom. The maximum absolute atomic E-state index is 13.4. The van der Waals surface area contributed by atoms with Gasteiger partial charge in [-0.05, 0) is 35.4 Å². The summed E-state index contributed by atoms with van der Waals surface area (Å²) in [6.07, 6.45) is 0. The summed E-state index contributed by atoms with van der Waals surface area (Å²) in [5, 5.41) is 6.66. The lowest BCUT2D eigenvalue weighted by atomic mass is 10.1. The zero-order chi connectivity index (χ0) is 16.7. The van der Waals surface area contributed by atoms with E-state index in [1.807, 2.05) is 18.2 Å². The van der Waals surface area contributed by atoms with Crippen LogP contribution in [0.15, 0.2) is 47.4 Å². The summed E-state index contributed by atoms with van der Waals surface area (Å²) in [6.45, 7) is 2.44. The second kappa shape index (κ2) is 6.92. The van der Waals surface area contributed by atoms with Crippen molar-refractivity contribution >= 4 is 28.1 Å². The fourth-order valence-corrected chi connectivity index (χ4v) is 4.50. The molecule has 1 fully saturated rings. The van der Waals surface area contributed by atoms with E-state index in [0.29, 0.717) is 19.1 Å². The van der Waals surface area contributed by atoms with Crippen LogP contribution >= 0.6 is 12.4 Å². The summed E-state index contributed by atoms with van der Waals surface area (Å²) in [5.74, 6) is -0.548. The van der Waals surface area contributed by atoms with Gasteiger partial charge in [0.2, 0.25) is 10.0 Å². The molecule has 0 aromatic heterocycles. The maximum atomic E-state index is 13.4. The summed E-state index contributed by atoms with van der Waals surface area (Å²) in [6, 6.07) is 11.4. The van der Waals surface area contributed by atoms with Gasteiger partial charge in [0, 0.05) is 31.9 Å². The van der Waals surface area contributed by atoms with Crippen molar-refractivity contribution in [1.82, 2.24) is 9.62 Å². The second-order valence-electron chi connectivity index (χ2n) is 6.17. The minimum absolute atomic E-state index is 0. The van der Waals surface area contributed by atoms with E-state index in [2.05, 4.69) is 10.6 Å². The highest BCUT2D eigenvalue weighted by Gasteiger charge is 2.32. The lowest BCUT2D eigenvalue weighted by Crippen LogP contribution is -2.51. The molecule has 0 amide bonds. The predicted octanol–water partition coefficient (Wildman–Crippen LogP) is 2.34. The molecule has 2 aromatic carbocycles. The molecule has 0 bridgehead atoms. The van der Waals surface area contributed by atoms with Crippen LogP contribution in [0.2, 0.25) is 0 Å². The second-order valence-corrected chi connectivity index (χ2v) is 8.11. The third-order valence-corrected chi connectivity index (χ3v) is 6.32. The van der Waals surface area contributed by atoms with Crippen LogP contribution in [0.5, 0.6) is 0 Å². The van der Waals surface area contributed by atoms with Crippen molar-refractivity contribution in [2.75, 3.05) is 18.4 Å². The summed E-state index contributed by atoms with van der Waals surface area (Å²) in [5.41, 5.74) is 2.98. The molecule has 2 aliphatic heterocycles. The van der Waals surface area contributed by atoms with Crippen molar-refractivity contribution in [2.24, 2.45) is 0 Å². The molecule has 5 nitrogen and oxygen atoms in total. The van der Waals surface area contributed by atoms with Gasteiger partial charge < -0.3 is 10.6 Å². The van der Waals surface area contributed by atoms with Crippen LogP contribution in [0.4, 0.5) is 10.1 Å². The molecule has 2 N–H and O–H groups in total. The molecule has 2 aromatic rings. The van der Waals surface area contributed by atoms with Gasteiger partial charge >= 0.3 is 0 Å². The maximum Gasteiger partial charge on any atom is 0.243 e. The number of anilines is 1. The summed E-state index contributed by atoms with van der Waals surface area (Å²) < 4.78 is 40.4. The van der Waals surface area contributed by atoms with Crippen LogP contribution < -0.4 is 10.6 Å². The number of fused-ring (bicyclic) bond motifs is 1. The summed E-state index contributed by atoms with van der Waals surface area (Å²) in [4.78, 5) is -0.00647. The Balaban J connectivity index is 0.00000182. The fourth-order valence-electron chi connectivity index (χ4n) is 3.08. The fraction of sp³-hybridized carbons (Fsp3) is 0.294. The van der Waals surface area contributed by atoms with Crippen LogP contribution in [0.1, 0.15) is 11.1 Å². The van der Waals surface area contributed by atoms with Gasteiger partial charge in [0.15, 0.2) is 0 Å². The number of sulfonamides is 1. The lowest BCUT2D eigenvalue weighted by Gasteiger charge is -2.29. The number of hydrogen-bond donors (Lipinski definition) is 2. The normalized spacial score (nSPS) is 17.5. The van der Waals surface area contributed by atoms with Crippen molar-refractivity contribution in [3.8, 4) is 0 Å². The van der Waals surface area contributed by atoms with Gasteiger partial charge in [0.1, 0.15) is 5.82 Å². The van der Waals surface area contributed by atoms with Crippen LogP contribution in [-0.4, -0.2) is 31.9 Å². The lowest BCUT2D eigenvalue weighted by molar-refractivity contribution is 0.430. The largest absolute Gasteiger partial charge is 0.379 e. The number of hydrogen-bond acceptors (Lipinski definition) is 4. The van der Waals surface area contributed by atoms with Crippen LogP contribution in [-0.2, 0) is 23.1 Å². The highest BCUT2D eigenvalue weighted by atomic mass is 35.5. The Labute approximate surface area is 152 Å². The number of rotatable bonds is 4. The molecular weight excluding hydrogens is 365 g/mol. The van der Waals surface area contributed by atoms with Crippen LogP contribution in [0, 0.1) is 5.82 Å². The molecule has 1 saturated heterocycles. The van der Waals surface area contributed by atoms with Gasteiger partial charge in [-0.3, -0.25) is 0 Å². The van der Waals surface area contributed by atoms with Gasteiger partial charge in [0.25, 0.3) is 0 Å². The van der Waals surface area contributed by atoms with E-state index in [-0.39, 0.29) is 17.3 Å². The average molecular weight is 384 g/mol. The van der Waals surface area contributed by atoms with E-state index in [4.69, 9.17) is 0 Å². The third kappa shape index (κ3) is 3.37. The van der Waals surface area contributed by atoms with Gasteiger partial charge in [0.05, 0.1) is 10.9 Å². The van der Waals surface area contributed by atoms with Crippen molar-refractivity contribution < 1.29 is 12.8 Å². The smallest absolute Gasteiger partial charge is 0.243 e. The first kappa shape index (κ1) is 18.1. The summed E-state index contributed by atoms with van der Waals surface area (Å²) in [7, 11) is -3.71. The molecule has 2 heterocycles. The van der Waals surface area contributed by atoms with E-state index in [1.165, 1.54) is 22.5 Å². The van der Waals surface area contributed by atoms with E-state index < -0.39 is 15.8 Å². The van der Waals surface area contributed by atoms with Crippen molar-refractivity contribution in [2.45, 2.75) is 24.0 Å². The number of nitrogens with one attached hydrogen (secondary N) is 2. The minimum atomic E-state index is -3.71. The minimum Gasteiger partial charge on any atom is -0.379 e. The number of nitrogens with zero attached hydrogens (tertiary/aromatic N) is 1. The van der Waals surface area contributed by atoms with Crippen molar-refractivity contribution in [3.63, 3.8) is 0 Å². The Hall–Kier alpha value is -1.67. The molecule has 25 heavy (non-hydrogen) atoms. The van der Waals surface area contributed by atoms with Crippen molar-refractivity contribution in [3.05, 3.63) is 59.4 Å². The van der Waals surface area contributed by atoms with E-state index >= 15 is 0 Å². The Morgan fingerprint density at radius 2 is 1.88 bits per heavy atom. The standard InChI is InChI=1S/C17H18FN3O2S.ClH/c18-13-4-2-5-15(7-13)24(22,23)21-10-12-3-1-6-17(16(12)11-21)20-14-8-19-9-14;/h1-7,14,19-20H,8-11H2;1H. The molecule has 0 radical (unpaired) electrons. The van der Waals surface area contributed by atoms with E-state index in [9.17, 15) is 12.8 Å². The molecule has 4 rings (SSSR count).